The molecule has 20 aromatic rings. The molecule has 20 rings (SSSR count). The summed E-state index contributed by atoms with van der Waals surface area (Å²) in [5.74, 6) is 0. The van der Waals surface area contributed by atoms with Crippen molar-refractivity contribution in [2.45, 2.75) is 0 Å². The van der Waals surface area contributed by atoms with Crippen LogP contribution in [0.25, 0.3) is 176 Å². The topological polar surface area (TPSA) is 46.0 Å². The van der Waals surface area contributed by atoms with Gasteiger partial charge in [0.1, 0.15) is 22.3 Å². The molecule has 0 saturated carbocycles. The smallest absolute Gasteiger partial charge is 0.137 e. The van der Waals surface area contributed by atoms with Crippen molar-refractivity contribution in [2.75, 3.05) is 0 Å². The lowest BCUT2D eigenvalue weighted by molar-refractivity contribution is 0.669. The lowest BCUT2D eigenvalue weighted by atomic mass is 10.0. The summed E-state index contributed by atoms with van der Waals surface area (Å²) >= 11 is 0. The van der Waals surface area contributed by atoms with Gasteiger partial charge in [-0.2, -0.15) is 0 Å². The van der Waals surface area contributed by atoms with E-state index in [0.29, 0.717) is 0 Å². The first kappa shape index (κ1) is 50.1. The third-order valence-electron chi connectivity index (χ3n) is 18.7. The summed E-state index contributed by atoms with van der Waals surface area (Å²) in [5, 5.41) is 14.4. The van der Waals surface area contributed by atoms with Gasteiger partial charge in [-0.1, -0.05) is 218 Å². The van der Waals surface area contributed by atoms with Crippen molar-refractivity contribution in [3.8, 4) is 45.0 Å². The van der Waals surface area contributed by atoms with E-state index >= 15 is 0 Å². The Morgan fingerprint density at radius 1 is 0.178 bits per heavy atom. The summed E-state index contributed by atoms with van der Waals surface area (Å²) in [5.41, 5.74) is 22.4. The highest BCUT2D eigenvalue weighted by molar-refractivity contribution is 6.25. The molecule has 0 spiro atoms. The predicted octanol–water partition coefficient (Wildman–Crippen LogP) is 22.9. The molecule has 6 aromatic heterocycles. The highest BCUT2D eigenvalue weighted by Gasteiger charge is 2.25. The number of para-hydroxylation sites is 12. The van der Waals surface area contributed by atoms with Gasteiger partial charge in [-0.25, -0.2) is 0 Å². The maximum atomic E-state index is 6.40. The Bertz CT molecular complexity index is 6210. The highest BCUT2D eigenvalue weighted by atomic mass is 16.3. The molecule has 0 unspecified atom stereocenters. The Labute approximate surface area is 515 Å². The van der Waals surface area contributed by atoms with Crippen LogP contribution < -0.4 is 0 Å². The van der Waals surface area contributed by atoms with Gasteiger partial charge in [-0.3, -0.25) is 0 Å². The first-order valence-corrected chi connectivity index (χ1v) is 30.7. The Morgan fingerprint density at radius 2 is 0.489 bits per heavy atom. The minimum atomic E-state index is 0.899. The lowest BCUT2D eigenvalue weighted by Crippen LogP contribution is -2.01. The Kier molecular flexibility index (Phi) is 11.0. The molecule has 6 nitrogen and oxygen atoms in total. The van der Waals surface area contributed by atoms with E-state index in [9.17, 15) is 0 Å². The SMILES string of the molecule is c1ccc(-n2c3ccccc3c3ccccc32)c(-c2ccccc2-n2c3ccccc3c3cc4oc5ccccc5c4cc32)c1.c1ccc(-n2c3ccccc3c3ccccc32)c(-c2ccccc2-n2c3ccccc3c3ccc4oc5ccccc5c4c32)c1. The first-order chi connectivity index (χ1) is 44.7. The summed E-state index contributed by atoms with van der Waals surface area (Å²) in [6, 6.07) is 113. The number of fused-ring (bicyclic) bond motifs is 19. The van der Waals surface area contributed by atoms with Gasteiger partial charge in [0.15, 0.2) is 0 Å². The molecule has 0 N–H and O–H groups in total. The first-order valence-electron chi connectivity index (χ1n) is 30.7. The molecule has 0 atom stereocenters. The number of furan rings is 2. The molecule has 6 heteroatoms. The van der Waals surface area contributed by atoms with E-state index in [4.69, 9.17) is 8.83 Å². The Balaban J connectivity index is 0.000000130. The van der Waals surface area contributed by atoms with E-state index < -0.39 is 0 Å². The van der Waals surface area contributed by atoms with Crippen LogP contribution in [-0.4, -0.2) is 18.3 Å². The van der Waals surface area contributed by atoms with Crippen molar-refractivity contribution >= 4 is 131 Å². The Hall–Kier alpha value is -12.1. The fourth-order valence-corrected chi connectivity index (χ4v) is 14.9. The van der Waals surface area contributed by atoms with Crippen molar-refractivity contribution in [3.63, 3.8) is 0 Å². The number of hydrogen-bond donors (Lipinski definition) is 0. The van der Waals surface area contributed by atoms with Crippen LogP contribution in [0.2, 0.25) is 0 Å². The molecule has 0 bridgehead atoms. The second kappa shape index (κ2) is 19.7. The van der Waals surface area contributed by atoms with E-state index in [1.54, 1.807) is 0 Å². The lowest BCUT2D eigenvalue weighted by Gasteiger charge is -2.18. The highest BCUT2D eigenvalue weighted by Crippen LogP contribution is 2.46. The van der Waals surface area contributed by atoms with Crippen LogP contribution >= 0.6 is 0 Å². The van der Waals surface area contributed by atoms with Gasteiger partial charge in [-0.05, 0) is 97.1 Å². The normalized spacial score (nSPS) is 12.0. The van der Waals surface area contributed by atoms with Crippen molar-refractivity contribution in [1.29, 1.82) is 0 Å². The van der Waals surface area contributed by atoms with Gasteiger partial charge in [0.2, 0.25) is 0 Å². The van der Waals surface area contributed by atoms with Gasteiger partial charge in [-0.15, -0.1) is 0 Å². The average molecular weight is 1150 g/mol. The van der Waals surface area contributed by atoms with Crippen molar-refractivity contribution in [2.24, 2.45) is 0 Å². The standard InChI is InChI=1S/2C42H26N2O/c1-7-19-35-27(13-1)28-14-2-8-20-36(28)43(35)37-21-9-3-15-29(37)30-16-4-10-22-38(30)44-39-23-11-5-17-31(39)33-26-42-34(25-40(33)44)32-18-6-12-24-41(32)45-42;1-7-19-34-27(13-1)28-14-2-8-20-35(28)43(34)36-21-9-3-15-29(36)30-16-4-10-22-37(30)44-38-23-11-5-17-31(38)32-25-26-40-41(42(32)44)33-18-6-12-24-39(33)45-40/h2*1-26H. The summed E-state index contributed by atoms with van der Waals surface area (Å²) in [4.78, 5) is 0. The van der Waals surface area contributed by atoms with Gasteiger partial charge in [0.25, 0.3) is 0 Å². The van der Waals surface area contributed by atoms with E-state index in [2.05, 4.69) is 316 Å². The zero-order valence-corrected chi connectivity index (χ0v) is 48.6. The monoisotopic (exact) mass is 1150 g/mol. The average Bonchev–Trinajstić information content (AvgIpc) is 1.64. The van der Waals surface area contributed by atoms with E-state index in [1.807, 2.05) is 18.2 Å². The quantitative estimate of drug-likeness (QED) is 0.167. The second-order valence-electron chi connectivity index (χ2n) is 23.4. The minimum absolute atomic E-state index is 0.899. The zero-order chi connectivity index (χ0) is 59.0. The molecular weight excluding hydrogens is 1100 g/mol. The maximum Gasteiger partial charge on any atom is 0.137 e. The minimum Gasteiger partial charge on any atom is -0.456 e. The molecule has 0 fully saturated rings. The van der Waals surface area contributed by atoms with Crippen LogP contribution in [0.15, 0.2) is 324 Å². The number of rotatable bonds is 6. The molecule has 0 aliphatic carbocycles. The number of nitrogens with zero attached hydrogens (tertiary/aromatic N) is 4. The van der Waals surface area contributed by atoms with Gasteiger partial charge in [0, 0.05) is 81.5 Å². The van der Waals surface area contributed by atoms with E-state index in [-0.39, 0.29) is 0 Å². The van der Waals surface area contributed by atoms with Gasteiger partial charge < -0.3 is 27.1 Å². The molecule has 0 saturated heterocycles. The third-order valence-corrected chi connectivity index (χ3v) is 18.7. The van der Waals surface area contributed by atoms with Crippen molar-refractivity contribution in [1.82, 2.24) is 18.3 Å². The molecule has 420 valence electrons. The fraction of sp³-hybridized carbons (Fsp3) is 0. The summed E-state index contributed by atoms with van der Waals surface area (Å²) in [6.45, 7) is 0. The summed E-state index contributed by atoms with van der Waals surface area (Å²) in [7, 11) is 0. The van der Waals surface area contributed by atoms with Crippen LogP contribution in [0, 0.1) is 0 Å². The molecule has 0 amide bonds. The van der Waals surface area contributed by atoms with Crippen LogP contribution in [0.3, 0.4) is 0 Å². The summed E-state index contributed by atoms with van der Waals surface area (Å²) in [6.07, 6.45) is 0. The molecule has 0 aliphatic rings. The largest absolute Gasteiger partial charge is 0.456 e. The van der Waals surface area contributed by atoms with Crippen LogP contribution in [0.4, 0.5) is 0 Å². The fourth-order valence-electron chi connectivity index (χ4n) is 14.9. The third kappa shape index (κ3) is 7.33. The number of aromatic nitrogens is 4. The number of benzene rings is 14. The van der Waals surface area contributed by atoms with E-state index in [1.165, 1.54) is 104 Å². The maximum absolute atomic E-state index is 6.40. The zero-order valence-electron chi connectivity index (χ0n) is 48.6. The van der Waals surface area contributed by atoms with Gasteiger partial charge in [0.05, 0.1) is 72.3 Å². The van der Waals surface area contributed by atoms with E-state index in [0.717, 1.165) is 72.1 Å². The number of hydrogen-bond acceptors (Lipinski definition) is 2. The van der Waals surface area contributed by atoms with Crippen LogP contribution in [-0.2, 0) is 0 Å². The molecule has 90 heavy (non-hydrogen) atoms. The van der Waals surface area contributed by atoms with Crippen LogP contribution in [0.1, 0.15) is 0 Å². The summed E-state index contributed by atoms with van der Waals surface area (Å²) < 4.78 is 22.5. The van der Waals surface area contributed by atoms with Gasteiger partial charge >= 0.3 is 0 Å². The molecule has 6 heterocycles. The van der Waals surface area contributed by atoms with Crippen molar-refractivity contribution < 1.29 is 8.83 Å². The second-order valence-corrected chi connectivity index (χ2v) is 23.4. The molecule has 0 aliphatic heterocycles. The predicted molar refractivity (Wildman–Crippen MR) is 376 cm³/mol. The molecule has 14 aromatic carbocycles. The molecule has 0 radical (unpaired) electrons. The molecular formula is C84H52N4O2. The Morgan fingerprint density at radius 3 is 0.944 bits per heavy atom. The van der Waals surface area contributed by atoms with Crippen molar-refractivity contribution in [3.05, 3.63) is 315 Å². The van der Waals surface area contributed by atoms with Crippen LogP contribution in [0.5, 0.6) is 0 Å².